The number of nitrogens with zero attached hydrogens (tertiary/aromatic N) is 1. The van der Waals surface area contributed by atoms with E-state index in [1.807, 2.05) is 19.1 Å². The Bertz CT molecular complexity index is 353. The van der Waals surface area contributed by atoms with Crippen molar-refractivity contribution in [1.29, 1.82) is 0 Å². The van der Waals surface area contributed by atoms with Gasteiger partial charge in [-0.2, -0.15) is 0 Å². The zero-order valence-electron chi connectivity index (χ0n) is 12.8. The van der Waals surface area contributed by atoms with Gasteiger partial charge in [0, 0.05) is 39.6 Å². The van der Waals surface area contributed by atoms with Crippen LogP contribution in [0, 0.1) is 0 Å². The SMILES string of the molecule is CC[C@H](O)c1ccc(N(CCCOC)CCOC)cc1. The molecule has 0 fully saturated rings. The van der Waals surface area contributed by atoms with Crippen molar-refractivity contribution in [3.05, 3.63) is 29.8 Å². The first kappa shape index (κ1) is 17.0. The van der Waals surface area contributed by atoms with Crippen LogP contribution in [0.3, 0.4) is 0 Å². The molecule has 0 saturated carbocycles. The smallest absolute Gasteiger partial charge is 0.0787 e. The van der Waals surface area contributed by atoms with Crippen LogP contribution in [0.4, 0.5) is 5.69 Å². The number of aliphatic hydroxyl groups excluding tert-OH is 1. The number of rotatable bonds is 10. The van der Waals surface area contributed by atoms with E-state index >= 15 is 0 Å². The first-order chi connectivity index (χ1) is 9.72. The van der Waals surface area contributed by atoms with Gasteiger partial charge in [-0.15, -0.1) is 0 Å². The van der Waals surface area contributed by atoms with Gasteiger partial charge in [-0.25, -0.2) is 0 Å². The van der Waals surface area contributed by atoms with E-state index in [0.29, 0.717) is 6.61 Å². The van der Waals surface area contributed by atoms with Crippen LogP contribution in [0.25, 0.3) is 0 Å². The highest BCUT2D eigenvalue weighted by Crippen LogP contribution is 2.21. The number of aliphatic hydroxyl groups is 1. The molecule has 0 bridgehead atoms. The van der Waals surface area contributed by atoms with Crippen LogP contribution in [0.1, 0.15) is 31.4 Å². The van der Waals surface area contributed by atoms with Gasteiger partial charge in [-0.05, 0) is 30.5 Å². The maximum absolute atomic E-state index is 9.82. The van der Waals surface area contributed by atoms with Crippen LogP contribution in [-0.2, 0) is 9.47 Å². The number of hydrogen-bond acceptors (Lipinski definition) is 4. The molecule has 0 aliphatic carbocycles. The summed E-state index contributed by atoms with van der Waals surface area (Å²) in [6.45, 7) is 5.24. The fourth-order valence-corrected chi connectivity index (χ4v) is 2.11. The minimum Gasteiger partial charge on any atom is -0.388 e. The normalized spacial score (nSPS) is 12.4. The monoisotopic (exact) mass is 281 g/mol. The molecule has 0 radical (unpaired) electrons. The van der Waals surface area contributed by atoms with Crippen LogP contribution in [-0.4, -0.2) is 45.6 Å². The fraction of sp³-hybridized carbons (Fsp3) is 0.625. The van der Waals surface area contributed by atoms with Crippen molar-refractivity contribution in [3.63, 3.8) is 0 Å². The van der Waals surface area contributed by atoms with Gasteiger partial charge in [-0.3, -0.25) is 0 Å². The molecule has 4 heteroatoms. The van der Waals surface area contributed by atoms with Crippen LogP contribution < -0.4 is 4.90 Å². The maximum Gasteiger partial charge on any atom is 0.0787 e. The average Bonchev–Trinajstić information content (AvgIpc) is 2.50. The molecule has 114 valence electrons. The van der Waals surface area contributed by atoms with Crippen molar-refractivity contribution in [2.45, 2.75) is 25.9 Å². The molecule has 4 nitrogen and oxygen atoms in total. The van der Waals surface area contributed by atoms with Crippen molar-refractivity contribution in [3.8, 4) is 0 Å². The minimum atomic E-state index is -0.370. The molecule has 1 N–H and O–H groups in total. The highest BCUT2D eigenvalue weighted by molar-refractivity contribution is 5.47. The standard InChI is InChI=1S/C16H27NO3/c1-4-16(18)14-6-8-15(9-7-14)17(11-13-20-3)10-5-12-19-2/h6-9,16,18H,4-5,10-13H2,1-3H3/t16-/m0/s1. The highest BCUT2D eigenvalue weighted by atomic mass is 16.5. The van der Waals surface area contributed by atoms with Gasteiger partial charge in [0.2, 0.25) is 0 Å². The van der Waals surface area contributed by atoms with E-state index in [0.717, 1.165) is 43.8 Å². The summed E-state index contributed by atoms with van der Waals surface area (Å²) in [5, 5.41) is 9.82. The van der Waals surface area contributed by atoms with E-state index in [1.54, 1.807) is 14.2 Å². The molecule has 0 aliphatic heterocycles. The minimum absolute atomic E-state index is 0.370. The van der Waals surface area contributed by atoms with Crippen LogP contribution in [0.15, 0.2) is 24.3 Å². The van der Waals surface area contributed by atoms with E-state index in [2.05, 4.69) is 17.0 Å². The topological polar surface area (TPSA) is 41.9 Å². The third-order valence-corrected chi connectivity index (χ3v) is 3.37. The second kappa shape index (κ2) is 9.75. The molecule has 1 aromatic carbocycles. The van der Waals surface area contributed by atoms with Crippen molar-refractivity contribution < 1.29 is 14.6 Å². The number of benzene rings is 1. The quantitative estimate of drug-likeness (QED) is 0.669. The zero-order chi connectivity index (χ0) is 14.8. The lowest BCUT2D eigenvalue weighted by Crippen LogP contribution is -2.29. The third kappa shape index (κ3) is 5.49. The van der Waals surface area contributed by atoms with E-state index < -0.39 is 0 Å². The first-order valence-corrected chi connectivity index (χ1v) is 7.23. The van der Waals surface area contributed by atoms with Crippen LogP contribution >= 0.6 is 0 Å². The summed E-state index contributed by atoms with van der Waals surface area (Å²) in [7, 11) is 3.44. The highest BCUT2D eigenvalue weighted by Gasteiger charge is 2.08. The molecular formula is C16H27NO3. The number of hydrogen-bond donors (Lipinski definition) is 1. The second-order valence-electron chi connectivity index (χ2n) is 4.84. The summed E-state index contributed by atoms with van der Waals surface area (Å²) in [6, 6.07) is 8.13. The van der Waals surface area contributed by atoms with Crippen LogP contribution in [0.2, 0.25) is 0 Å². The van der Waals surface area contributed by atoms with Gasteiger partial charge < -0.3 is 19.5 Å². The van der Waals surface area contributed by atoms with Gasteiger partial charge in [0.15, 0.2) is 0 Å². The van der Waals surface area contributed by atoms with Crippen molar-refractivity contribution >= 4 is 5.69 Å². The Balaban J connectivity index is 2.68. The molecule has 0 aliphatic rings. The average molecular weight is 281 g/mol. The Morgan fingerprint density at radius 3 is 2.25 bits per heavy atom. The molecule has 1 atom stereocenters. The summed E-state index contributed by atoms with van der Waals surface area (Å²) in [5.41, 5.74) is 2.13. The molecule has 0 aromatic heterocycles. The Labute approximate surface area is 122 Å². The van der Waals surface area contributed by atoms with Gasteiger partial charge in [-0.1, -0.05) is 19.1 Å². The Kier molecular flexibility index (Phi) is 8.26. The lowest BCUT2D eigenvalue weighted by atomic mass is 10.1. The fourth-order valence-electron chi connectivity index (χ4n) is 2.11. The maximum atomic E-state index is 9.82. The van der Waals surface area contributed by atoms with Crippen LogP contribution in [0.5, 0.6) is 0 Å². The predicted octanol–water partition coefficient (Wildman–Crippen LogP) is 2.62. The molecule has 0 saturated heterocycles. The first-order valence-electron chi connectivity index (χ1n) is 7.23. The molecule has 0 unspecified atom stereocenters. The molecule has 0 amide bonds. The Hall–Kier alpha value is -1.10. The van der Waals surface area contributed by atoms with Crippen molar-refractivity contribution in [2.24, 2.45) is 0 Å². The number of ether oxygens (including phenoxy) is 2. The van der Waals surface area contributed by atoms with Gasteiger partial charge in [0.1, 0.15) is 0 Å². The molecule has 0 heterocycles. The van der Waals surface area contributed by atoms with Gasteiger partial charge in [0.05, 0.1) is 12.7 Å². The summed E-state index contributed by atoms with van der Waals surface area (Å²) in [6.07, 6.45) is 1.35. The third-order valence-electron chi connectivity index (χ3n) is 3.37. The van der Waals surface area contributed by atoms with E-state index in [1.165, 1.54) is 0 Å². The zero-order valence-corrected chi connectivity index (χ0v) is 12.8. The van der Waals surface area contributed by atoms with E-state index in [9.17, 15) is 5.11 Å². The second-order valence-corrected chi connectivity index (χ2v) is 4.84. The predicted molar refractivity (Wildman–Crippen MR) is 82.3 cm³/mol. The molecule has 1 aromatic rings. The molecular weight excluding hydrogens is 254 g/mol. The summed E-state index contributed by atoms with van der Waals surface area (Å²) >= 11 is 0. The molecule has 0 spiro atoms. The molecule has 20 heavy (non-hydrogen) atoms. The lowest BCUT2D eigenvalue weighted by molar-refractivity contribution is 0.173. The number of anilines is 1. The Morgan fingerprint density at radius 1 is 1.05 bits per heavy atom. The van der Waals surface area contributed by atoms with Gasteiger partial charge in [0.25, 0.3) is 0 Å². The Morgan fingerprint density at radius 2 is 1.70 bits per heavy atom. The summed E-state index contributed by atoms with van der Waals surface area (Å²) in [4.78, 5) is 2.28. The van der Waals surface area contributed by atoms with E-state index in [-0.39, 0.29) is 6.10 Å². The van der Waals surface area contributed by atoms with Crippen molar-refractivity contribution in [2.75, 3.05) is 45.4 Å². The van der Waals surface area contributed by atoms with Gasteiger partial charge >= 0.3 is 0 Å². The summed E-state index contributed by atoms with van der Waals surface area (Å²) in [5.74, 6) is 0. The van der Waals surface area contributed by atoms with Crippen molar-refractivity contribution in [1.82, 2.24) is 0 Å². The summed E-state index contributed by atoms with van der Waals surface area (Å²) < 4.78 is 10.3. The van der Waals surface area contributed by atoms with E-state index in [4.69, 9.17) is 9.47 Å². The molecule has 1 rings (SSSR count). The number of methoxy groups -OCH3 is 2. The lowest BCUT2D eigenvalue weighted by Gasteiger charge is -2.25. The largest absolute Gasteiger partial charge is 0.388 e.